The largest absolute Gasteiger partial charge is 0.381 e. The Labute approximate surface area is 253 Å². The van der Waals surface area contributed by atoms with Gasteiger partial charge in [-0.05, 0) is 60.9 Å². The highest BCUT2D eigenvalue weighted by Crippen LogP contribution is 2.42. The van der Waals surface area contributed by atoms with Crippen molar-refractivity contribution in [1.82, 2.24) is 9.80 Å². The molecule has 0 saturated carbocycles. The van der Waals surface area contributed by atoms with Crippen molar-refractivity contribution in [3.63, 3.8) is 0 Å². The Kier molecular flexibility index (Phi) is 10.9. The molecule has 0 aromatic heterocycles. The Morgan fingerprint density at radius 3 is 2.00 bits per heavy atom. The first-order valence-corrected chi connectivity index (χ1v) is 16.9. The van der Waals surface area contributed by atoms with E-state index < -0.39 is 0 Å². The quantitative estimate of drug-likeness (QED) is 0.201. The summed E-state index contributed by atoms with van der Waals surface area (Å²) in [5.41, 5.74) is -0.421. The van der Waals surface area contributed by atoms with Crippen LogP contribution in [0.2, 0.25) is 0 Å². The van der Waals surface area contributed by atoms with Gasteiger partial charge >= 0.3 is 0 Å². The number of imide groups is 2. The Balaban J connectivity index is 1.10. The van der Waals surface area contributed by atoms with Crippen molar-refractivity contribution in [3.05, 3.63) is 22.0 Å². The monoisotopic (exact) mass is 606 g/mol. The third kappa shape index (κ3) is 8.06. The number of amides is 4. The van der Waals surface area contributed by atoms with E-state index in [1.807, 2.05) is 0 Å². The smallest absolute Gasteiger partial charge is 0.254 e. The Bertz CT molecular complexity index is 1080. The number of ether oxygens (including phenoxy) is 2. The highest BCUT2D eigenvalue weighted by atomic mass is 32.2. The Morgan fingerprint density at radius 1 is 0.805 bits per heavy atom. The summed E-state index contributed by atoms with van der Waals surface area (Å²) in [5.74, 6) is 1.06. The van der Waals surface area contributed by atoms with E-state index in [0.29, 0.717) is 39.4 Å². The van der Waals surface area contributed by atoms with Gasteiger partial charge in [0.1, 0.15) is 0 Å². The number of rotatable bonds is 14. The molecule has 4 amide bonds. The number of carbonyl (C=O) groups excluding carboxylic acids is 4. The first-order chi connectivity index (χ1) is 19.4. The third-order valence-corrected chi connectivity index (χ3v) is 10.7. The molecular weight excluding hydrogens is 560 g/mol. The molecule has 0 spiro atoms. The van der Waals surface area contributed by atoms with Crippen LogP contribution in [-0.2, 0) is 28.7 Å². The molecule has 0 N–H and O–H groups in total. The van der Waals surface area contributed by atoms with Crippen LogP contribution in [0.1, 0.15) is 73.1 Å². The van der Waals surface area contributed by atoms with E-state index in [1.165, 1.54) is 9.80 Å². The van der Waals surface area contributed by atoms with Gasteiger partial charge in [-0.25, -0.2) is 0 Å². The molecule has 4 rings (SSSR count). The fraction of sp³-hybridized carbons (Fsp3) is 0.742. The molecule has 0 radical (unpaired) electrons. The second-order valence-corrected chi connectivity index (χ2v) is 15.6. The lowest BCUT2D eigenvalue weighted by molar-refractivity contribution is -0.151. The van der Waals surface area contributed by atoms with E-state index in [1.54, 1.807) is 35.7 Å². The summed E-state index contributed by atoms with van der Waals surface area (Å²) in [6.07, 6.45) is 8.03. The van der Waals surface area contributed by atoms with Gasteiger partial charge in [-0.15, -0.1) is 23.5 Å². The van der Waals surface area contributed by atoms with Crippen LogP contribution in [0.5, 0.6) is 0 Å². The summed E-state index contributed by atoms with van der Waals surface area (Å²) in [5, 5.41) is 0. The number of thioether (sulfide) groups is 2. The van der Waals surface area contributed by atoms with Crippen molar-refractivity contribution in [2.24, 2.45) is 22.7 Å². The molecule has 0 aromatic rings. The second kappa shape index (κ2) is 13.8. The van der Waals surface area contributed by atoms with Crippen LogP contribution in [0.4, 0.5) is 0 Å². The van der Waals surface area contributed by atoms with Crippen LogP contribution in [0, 0.1) is 22.7 Å². The second-order valence-electron chi connectivity index (χ2n) is 13.3. The van der Waals surface area contributed by atoms with Crippen LogP contribution >= 0.6 is 23.5 Å². The van der Waals surface area contributed by atoms with E-state index in [2.05, 4.69) is 34.6 Å². The lowest BCUT2D eigenvalue weighted by atomic mass is 9.82. The van der Waals surface area contributed by atoms with E-state index >= 15 is 0 Å². The fourth-order valence-electron chi connectivity index (χ4n) is 6.05. The van der Waals surface area contributed by atoms with E-state index in [-0.39, 0.29) is 52.3 Å². The lowest BCUT2D eigenvalue weighted by Gasteiger charge is -2.41. The minimum Gasteiger partial charge on any atom is -0.381 e. The molecule has 41 heavy (non-hydrogen) atoms. The first kappa shape index (κ1) is 32.3. The molecule has 2 fully saturated rings. The number of carbonyl (C=O) groups is 4. The topological polar surface area (TPSA) is 93.2 Å². The minimum atomic E-state index is -0.244. The molecule has 3 atom stereocenters. The molecule has 4 aliphatic rings. The summed E-state index contributed by atoms with van der Waals surface area (Å²) in [4.78, 5) is 56.2. The third-order valence-electron chi connectivity index (χ3n) is 8.32. The molecule has 10 heteroatoms. The van der Waals surface area contributed by atoms with Crippen molar-refractivity contribution in [2.75, 3.05) is 44.5 Å². The Morgan fingerprint density at radius 2 is 1.37 bits per heavy atom. The van der Waals surface area contributed by atoms with Crippen molar-refractivity contribution in [1.29, 1.82) is 0 Å². The van der Waals surface area contributed by atoms with Gasteiger partial charge in [0.2, 0.25) is 11.8 Å². The lowest BCUT2D eigenvalue weighted by Crippen LogP contribution is -2.54. The van der Waals surface area contributed by atoms with Crippen molar-refractivity contribution >= 4 is 47.2 Å². The van der Waals surface area contributed by atoms with Gasteiger partial charge in [0.15, 0.2) is 0 Å². The molecule has 4 aliphatic heterocycles. The van der Waals surface area contributed by atoms with E-state index in [0.717, 1.165) is 53.4 Å². The molecule has 0 aliphatic carbocycles. The average Bonchev–Trinajstić information content (AvgIpc) is 3.55. The zero-order chi connectivity index (χ0) is 29.8. The SMILES string of the molecule is CC(C)(CCCOCCCOCCC(N1C(=O)C=C2SCCC2C1=O)C(C)(C)C)CN1C(=O)C=C2SCCC2C1=O. The summed E-state index contributed by atoms with van der Waals surface area (Å²) in [6, 6.07) is -0.212. The molecule has 4 heterocycles. The first-order valence-electron chi connectivity index (χ1n) is 15.0. The van der Waals surface area contributed by atoms with Crippen LogP contribution in [0.15, 0.2) is 22.0 Å². The van der Waals surface area contributed by atoms with E-state index in [9.17, 15) is 19.2 Å². The van der Waals surface area contributed by atoms with Crippen molar-refractivity contribution < 1.29 is 28.7 Å². The van der Waals surface area contributed by atoms with Crippen LogP contribution in [-0.4, -0.2) is 83.9 Å². The van der Waals surface area contributed by atoms with Gasteiger partial charge in [-0.2, -0.15) is 0 Å². The summed E-state index contributed by atoms with van der Waals surface area (Å²) in [7, 11) is 0. The van der Waals surface area contributed by atoms with Gasteiger partial charge in [-0.1, -0.05) is 34.6 Å². The zero-order valence-corrected chi connectivity index (χ0v) is 26.9. The highest BCUT2D eigenvalue weighted by molar-refractivity contribution is 8.03. The minimum absolute atomic E-state index is 0.0383. The summed E-state index contributed by atoms with van der Waals surface area (Å²) >= 11 is 3.26. The van der Waals surface area contributed by atoms with Gasteiger partial charge in [-0.3, -0.25) is 29.0 Å². The molecule has 228 valence electrons. The maximum atomic E-state index is 13.2. The van der Waals surface area contributed by atoms with Gasteiger partial charge in [0.25, 0.3) is 11.8 Å². The summed E-state index contributed by atoms with van der Waals surface area (Å²) in [6.45, 7) is 13.1. The summed E-state index contributed by atoms with van der Waals surface area (Å²) < 4.78 is 11.7. The average molecular weight is 607 g/mol. The molecule has 3 unspecified atom stereocenters. The Hall–Kier alpha value is -1.62. The van der Waals surface area contributed by atoms with Crippen LogP contribution in [0.25, 0.3) is 0 Å². The van der Waals surface area contributed by atoms with Gasteiger partial charge in [0.05, 0.1) is 11.8 Å². The number of hydrogen-bond donors (Lipinski definition) is 0. The molecular formula is C31H46N2O6S2. The molecule has 2 saturated heterocycles. The van der Waals surface area contributed by atoms with Crippen LogP contribution < -0.4 is 0 Å². The normalized spacial score (nSPS) is 24.0. The fourth-order valence-corrected chi connectivity index (χ4v) is 8.43. The van der Waals surface area contributed by atoms with Gasteiger partial charge in [0, 0.05) is 61.0 Å². The predicted molar refractivity (Wildman–Crippen MR) is 163 cm³/mol. The zero-order valence-electron chi connectivity index (χ0n) is 25.2. The molecule has 0 aromatic carbocycles. The predicted octanol–water partition coefficient (Wildman–Crippen LogP) is 5.03. The van der Waals surface area contributed by atoms with Gasteiger partial charge < -0.3 is 9.47 Å². The highest BCUT2D eigenvalue weighted by Gasteiger charge is 2.45. The number of nitrogens with zero attached hydrogens (tertiary/aromatic N) is 2. The molecule has 8 nitrogen and oxygen atoms in total. The maximum absolute atomic E-state index is 13.2. The number of fused-ring (bicyclic) bond motifs is 2. The standard InChI is InChI=1S/C31H46N2O6S2/c1-30(2,3)25(33-27(35)19-24-22(29(33)37)10-17-41-24)8-15-39-14-7-13-38-12-6-11-31(4,5)20-32-26(34)18-23-21(28(32)36)9-16-40-23/h18-19,21-22,25H,6-17,20H2,1-5H3. The van der Waals surface area contributed by atoms with Crippen LogP contribution in [0.3, 0.4) is 0 Å². The molecule has 0 bridgehead atoms. The van der Waals surface area contributed by atoms with Crippen molar-refractivity contribution in [3.8, 4) is 0 Å². The van der Waals surface area contributed by atoms with E-state index in [4.69, 9.17) is 9.47 Å². The number of hydrogen-bond acceptors (Lipinski definition) is 8. The maximum Gasteiger partial charge on any atom is 0.254 e. The van der Waals surface area contributed by atoms with Crippen molar-refractivity contribution in [2.45, 2.75) is 79.2 Å².